The maximum absolute atomic E-state index is 11.7. The number of carbonyl (C=O) groups excluding carboxylic acids is 1. The highest BCUT2D eigenvalue weighted by Crippen LogP contribution is 2.15. The lowest BCUT2D eigenvalue weighted by Gasteiger charge is -2.06. The Morgan fingerprint density at radius 2 is 2.18 bits per heavy atom. The summed E-state index contributed by atoms with van der Waals surface area (Å²) in [5.74, 6) is 0. The largest absolute Gasteiger partial charge is 0.448 e. The van der Waals surface area contributed by atoms with Crippen molar-refractivity contribution in [1.29, 1.82) is 0 Å². The Labute approximate surface area is 107 Å². The molecule has 0 saturated carbocycles. The second-order valence-electron chi connectivity index (χ2n) is 3.02. The minimum absolute atomic E-state index is 0.0300. The molecule has 1 aromatic rings. The van der Waals surface area contributed by atoms with E-state index in [1.165, 1.54) is 12.1 Å². The fourth-order valence-corrected chi connectivity index (χ4v) is 2.65. The highest BCUT2D eigenvalue weighted by atomic mass is 79.9. The number of ether oxygens (including phenoxy) is 1. The van der Waals surface area contributed by atoms with Crippen LogP contribution in [-0.2, 0) is 14.8 Å². The molecule has 0 aromatic heterocycles. The Kier molecular flexibility index (Phi) is 4.91. The van der Waals surface area contributed by atoms with Gasteiger partial charge in [-0.1, -0.05) is 22.0 Å². The first-order valence-corrected chi connectivity index (χ1v) is 6.87. The van der Waals surface area contributed by atoms with Gasteiger partial charge in [0.2, 0.25) is 10.0 Å². The molecule has 0 atom stereocenters. The zero-order valence-electron chi connectivity index (χ0n) is 8.72. The minimum Gasteiger partial charge on any atom is -0.448 e. The number of hydrogen-bond donors (Lipinski definition) is 2. The molecule has 0 radical (unpaired) electrons. The minimum atomic E-state index is -3.59. The van der Waals surface area contributed by atoms with E-state index in [0.717, 1.165) is 0 Å². The summed E-state index contributed by atoms with van der Waals surface area (Å²) in [6.45, 7) is -0.139. The molecule has 0 aliphatic heterocycles. The molecule has 0 saturated heterocycles. The number of nitrogens with one attached hydrogen (secondary N) is 1. The summed E-state index contributed by atoms with van der Waals surface area (Å²) in [6.07, 6.45) is -0.938. The van der Waals surface area contributed by atoms with E-state index in [9.17, 15) is 13.2 Å². The first kappa shape index (κ1) is 13.9. The fourth-order valence-electron chi connectivity index (χ4n) is 1.05. The van der Waals surface area contributed by atoms with Crippen molar-refractivity contribution in [2.75, 3.05) is 13.2 Å². The summed E-state index contributed by atoms with van der Waals surface area (Å²) in [5.41, 5.74) is 4.73. The highest BCUT2D eigenvalue weighted by molar-refractivity contribution is 9.10. The zero-order valence-corrected chi connectivity index (χ0v) is 11.1. The zero-order chi connectivity index (χ0) is 12.9. The summed E-state index contributed by atoms with van der Waals surface area (Å²) in [4.78, 5) is 10.4. The molecule has 94 valence electrons. The van der Waals surface area contributed by atoms with Crippen LogP contribution >= 0.6 is 15.9 Å². The van der Waals surface area contributed by atoms with E-state index in [2.05, 4.69) is 25.4 Å². The van der Waals surface area contributed by atoms with E-state index in [1.54, 1.807) is 12.1 Å². The topological polar surface area (TPSA) is 98.5 Å². The molecular formula is C9H11BrN2O4S. The standard InChI is InChI=1S/C9H11BrN2O4S/c10-7-2-1-3-8(6-7)17(14,15)12-4-5-16-9(11)13/h1-3,6,12H,4-5H2,(H2,11,13). The van der Waals surface area contributed by atoms with Crippen molar-refractivity contribution in [2.24, 2.45) is 5.73 Å². The molecule has 0 aliphatic rings. The molecule has 17 heavy (non-hydrogen) atoms. The number of rotatable bonds is 5. The molecule has 1 aromatic carbocycles. The monoisotopic (exact) mass is 322 g/mol. The van der Waals surface area contributed by atoms with E-state index in [1.807, 2.05) is 0 Å². The number of nitrogens with two attached hydrogens (primary N) is 1. The van der Waals surface area contributed by atoms with Gasteiger partial charge in [-0.15, -0.1) is 0 Å². The van der Waals surface area contributed by atoms with Crippen LogP contribution in [-0.4, -0.2) is 27.7 Å². The molecule has 0 aliphatic carbocycles. The van der Waals surface area contributed by atoms with Gasteiger partial charge in [0, 0.05) is 11.0 Å². The predicted octanol–water partition coefficient (Wildman–Crippen LogP) is 0.823. The quantitative estimate of drug-likeness (QED) is 0.784. The smallest absolute Gasteiger partial charge is 0.404 e. The molecule has 1 rings (SSSR count). The highest BCUT2D eigenvalue weighted by Gasteiger charge is 2.13. The average molecular weight is 323 g/mol. The van der Waals surface area contributed by atoms with Gasteiger partial charge in [-0.05, 0) is 18.2 Å². The van der Waals surface area contributed by atoms with Crippen molar-refractivity contribution in [3.63, 3.8) is 0 Å². The number of halogens is 1. The Bertz CT molecular complexity index is 503. The number of benzene rings is 1. The number of carbonyl (C=O) groups is 1. The summed E-state index contributed by atoms with van der Waals surface area (Å²) in [6, 6.07) is 6.26. The van der Waals surface area contributed by atoms with Gasteiger partial charge in [0.15, 0.2) is 0 Å². The lowest BCUT2D eigenvalue weighted by molar-refractivity contribution is 0.159. The average Bonchev–Trinajstić information content (AvgIpc) is 2.24. The van der Waals surface area contributed by atoms with E-state index in [4.69, 9.17) is 5.73 Å². The van der Waals surface area contributed by atoms with E-state index >= 15 is 0 Å². The second-order valence-corrected chi connectivity index (χ2v) is 5.71. The Balaban J connectivity index is 2.60. The third kappa shape index (κ3) is 4.72. The Hall–Kier alpha value is -1.12. The van der Waals surface area contributed by atoms with Crippen LogP contribution in [0.5, 0.6) is 0 Å². The Morgan fingerprint density at radius 3 is 2.76 bits per heavy atom. The molecule has 3 N–H and O–H groups in total. The molecule has 6 nitrogen and oxygen atoms in total. The first-order valence-electron chi connectivity index (χ1n) is 4.59. The molecule has 0 heterocycles. The maximum atomic E-state index is 11.7. The lowest BCUT2D eigenvalue weighted by Crippen LogP contribution is -2.29. The van der Waals surface area contributed by atoms with Crippen LogP contribution in [0.4, 0.5) is 4.79 Å². The van der Waals surface area contributed by atoms with Crippen LogP contribution < -0.4 is 10.5 Å². The maximum Gasteiger partial charge on any atom is 0.404 e. The number of primary amides is 1. The molecular weight excluding hydrogens is 312 g/mol. The van der Waals surface area contributed by atoms with Crippen molar-refractivity contribution in [2.45, 2.75) is 4.90 Å². The molecule has 0 fully saturated rings. The van der Waals surface area contributed by atoms with Crippen molar-refractivity contribution in [1.82, 2.24) is 4.72 Å². The molecule has 0 bridgehead atoms. The summed E-state index contributed by atoms with van der Waals surface area (Å²) in [7, 11) is -3.59. The van der Waals surface area contributed by atoms with Gasteiger partial charge in [0.25, 0.3) is 0 Å². The number of hydrogen-bond acceptors (Lipinski definition) is 4. The van der Waals surface area contributed by atoms with Crippen molar-refractivity contribution < 1.29 is 17.9 Å². The van der Waals surface area contributed by atoms with Gasteiger partial charge in [-0.2, -0.15) is 0 Å². The van der Waals surface area contributed by atoms with Crippen LogP contribution in [0.25, 0.3) is 0 Å². The van der Waals surface area contributed by atoms with Crippen molar-refractivity contribution >= 4 is 32.0 Å². The normalized spacial score (nSPS) is 11.1. The molecule has 8 heteroatoms. The van der Waals surface area contributed by atoms with Crippen LogP contribution in [0, 0.1) is 0 Å². The summed E-state index contributed by atoms with van der Waals surface area (Å²) >= 11 is 3.18. The van der Waals surface area contributed by atoms with Crippen molar-refractivity contribution in [3.8, 4) is 0 Å². The van der Waals surface area contributed by atoms with E-state index < -0.39 is 16.1 Å². The van der Waals surface area contributed by atoms with Gasteiger partial charge >= 0.3 is 6.09 Å². The van der Waals surface area contributed by atoms with Gasteiger partial charge in [-0.25, -0.2) is 17.9 Å². The van der Waals surface area contributed by atoms with Crippen LogP contribution in [0.1, 0.15) is 0 Å². The van der Waals surface area contributed by atoms with Gasteiger partial charge in [0.05, 0.1) is 4.90 Å². The molecule has 0 unspecified atom stereocenters. The number of sulfonamides is 1. The van der Waals surface area contributed by atoms with Gasteiger partial charge in [0.1, 0.15) is 6.61 Å². The van der Waals surface area contributed by atoms with Gasteiger partial charge < -0.3 is 10.5 Å². The summed E-state index contributed by atoms with van der Waals surface area (Å²) in [5, 5.41) is 0. The van der Waals surface area contributed by atoms with Gasteiger partial charge in [-0.3, -0.25) is 0 Å². The van der Waals surface area contributed by atoms with Crippen LogP contribution in [0.3, 0.4) is 0 Å². The summed E-state index contributed by atoms with van der Waals surface area (Å²) < 4.78 is 30.8. The lowest BCUT2D eigenvalue weighted by atomic mass is 10.4. The molecule has 0 spiro atoms. The van der Waals surface area contributed by atoms with E-state index in [0.29, 0.717) is 4.47 Å². The Morgan fingerprint density at radius 1 is 1.47 bits per heavy atom. The van der Waals surface area contributed by atoms with Crippen LogP contribution in [0.2, 0.25) is 0 Å². The first-order chi connectivity index (χ1) is 7.92. The second kappa shape index (κ2) is 5.99. The fraction of sp³-hybridized carbons (Fsp3) is 0.222. The van der Waals surface area contributed by atoms with Crippen molar-refractivity contribution in [3.05, 3.63) is 28.7 Å². The molecule has 1 amide bonds. The van der Waals surface area contributed by atoms with Crippen LogP contribution in [0.15, 0.2) is 33.6 Å². The third-order valence-corrected chi connectivity index (χ3v) is 3.70. The number of amides is 1. The predicted molar refractivity (Wildman–Crippen MR) is 64.9 cm³/mol. The van der Waals surface area contributed by atoms with E-state index in [-0.39, 0.29) is 18.0 Å². The third-order valence-electron chi connectivity index (χ3n) is 1.74. The SMILES string of the molecule is NC(=O)OCCNS(=O)(=O)c1cccc(Br)c1.